The first-order chi connectivity index (χ1) is 12.9. The van der Waals surface area contributed by atoms with Gasteiger partial charge in [-0.3, -0.25) is 9.59 Å². The van der Waals surface area contributed by atoms with E-state index in [1.165, 1.54) is 0 Å². The fourth-order valence-corrected chi connectivity index (χ4v) is 4.87. The zero-order chi connectivity index (χ0) is 19.1. The number of hydrogen-bond donors (Lipinski definition) is 1. The van der Waals surface area contributed by atoms with E-state index in [4.69, 9.17) is 34.8 Å². The van der Waals surface area contributed by atoms with Crippen molar-refractivity contribution in [3.63, 3.8) is 0 Å². The fourth-order valence-electron chi connectivity index (χ4n) is 4.04. The molecule has 1 amide bonds. The second-order valence-corrected chi connectivity index (χ2v) is 8.16. The van der Waals surface area contributed by atoms with E-state index in [1.54, 1.807) is 18.2 Å². The summed E-state index contributed by atoms with van der Waals surface area (Å²) in [7, 11) is 0. The van der Waals surface area contributed by atoms with Crippen LogP contribution in [0.3, 0.4) is 0 Å². The molecule has 0 unspecified atom stereocenters. The number of halogens is 3. The van der Waals surface area contributed by atoms with Crippen molar-refractivity contribution in [2.75, 3.05) is 0 Å². The summed E-state index contributed by atoms with van der Waals surface area (Å²) in [6.07, 6.45) is 1.13. The first kappa shape index (κ1) is 18.5. The SMILES string of the molecule is O=C1C[C@H](c2ccc(Cl)cc2Cl)C2=C(C[C@H](c3ccccc3Cl)CC2=O)N1. The Labute approximate surface area is 172 Å². The van der Waals surface area contributed by atoms with Crippen molar-refractivity contribution >= 4 is 46.5 Å². The van der Waals surface area contributed by atoms with Crippen molar-refractivity contribution in [3.05, 3.63) is 79.9 Å². The van der Waals surface area contributed by atoms with E-state index in [9.17, 15) is 9.59 Å². The van der Waals surface area contributed by atoms with Crippen LogP contribution in [0.2, 0.25) is 15.1 Å². The average molecular weight is 421 g/mol. The molecule has 2 aromatic carbocycles. The molecule has 4 rings (SSSR count). The molecular formula is C21H16Cl3NO2. The lowest BCUT2D eigenvalue weighted by Gasteiger charge is -2.35. The van der Waals surface area contributed by atoms with Gasteiger partial charge >= 0.3 is 0 Å². The second-order valence-electron chi connectivity index (χ2n) is 6.91. The van der Waals surface area contributed by atoms with Gasteiger partial charge in [-0.2, -0.15) is 0 Å². The molecule has 0 spiro atoms. The number of hydrogen-bond acceptors (Lipinski definition) is 2. The van der Waals surface area contributed by atoms with Gasteiger partial charge in [-0.15, -0.1) is 0 Å². The molecule has 1 aliphatic carbocycles. The number of allylic oxidation sites excluding steroid dienone is 2. The Morgan fingerprint density at radius 3 is 2.37 bits per heavy atom. The molecule has 1 N–H and O–H groups in total. The third-order valence-electron chi connectivity index (χ3n) is 5.22. The van der Waals surface area contributed by atoms with E-state index in [0.717, 1.165) is 11.1 Å². The zero-order valence-electron chi connectivity index (χ0n) is 14.3. The third-order valence-corrected chi connectivity index (χ3v) is 6.13. The molecule has 0 saturated carbocycles. The maximum absolute atomic E-state index is 13.1. The Hall–Kier alpha value is -1.81. The van der Waals surface area contributed by atoms with Crippen LogP contribution < -0.4 is 5.32 Å². The lowest BCUT2D eigenvalue weighted by Crippen LogP contribution is -2.38. The van der Waals surface area contributed by atoms with Crippen molar-refractivity contribution in [1.82, 2.24) is 5.32 Å². The van der Waals surface area contributed by atoms with E-state index >= 15 is 0 Å². The summed E-state index contributed by atoms with van der Waals surface area (Å²) in [6.45, 7) is 0. The van der Waals surface area contributed by atoms with Crippen molar-refractivity contribution in [2.24, 2.45) is 0 Å². The third kappa shape index (κ3) is 3.52. The molecule has 0 saturated heterocycles. The average Bonchev–Trinajstić information content (AvgIpc) is 2.61. The summed E-state index contributed by atoms with van der Waals surface area (Å²) in [5.41, 5.74) is 3.03. The first-order valence-electron chi connectivity index (χ1n) is 8.69. The van der Waals surface area contributed by atoms with Gasteiger partial charge in [0.05, 0.1) is 0 Å². The van der Waals surface area contributed by atoms with Crippen molar-refractivity contribution in [3.8, 4) is 0 Å². The summed E-state index contributed by atoms with van der Waals surface area (Å²) in [5.74, 6) is -0.488. The minimum absolute atomic E-state index is 0.0252. The Kier molecular flexibility index (Phi) is 5.02. The van der Waals surface area contributed by atoms with Gasteiger partial charge in [0.15, 0.2) is 5.78 Å². The molecule has 1 heterocycles. The van der Waals surface area contributed by atoms with Crippen LogP contribution in [-0.2, 0) is 9.59 Å². The second kappa shape index (κ2) is 7.31. The van der Waals surface area contributed by atoms with Gasteiger partial charge in [-0.25, -0.2) is 0 Å². The number of amides is 1. The predicted molar refractivity (Wildman–Crippen MR) is 107 cm³/mol. The van der Waals surface area contributed by atoms with Crippen molar-refractivity contribution < 1.29 is 9.59 Å². The quantitative estimate of drug-likeness (QED) is 0.682. The van der Waals surface area contributed by atoms with Gasteiger partial charge < -0.3 is 5.32 Å². The zero-order valence-corrected chi connectivity index (χ0v) is 16.5. The lowest BCUT2D eigenvalue weighted by atomic mass is 9.73. The van der Waals surface area contributed by atoms with E-state index < -0.39 is 0 Å². The summed E-state index contributed by atoms with van der Waals surface area (Å²) in [6, 6.07) is 12.7. The monoisotopic (exact) mass is 419 g/mol. The van der Waals surface area contributed by atoms with Gasteiger partial charge in [-0.1, -0.05) is 59.1 Å². The molecular weight excluding hydrogens is 405 g/mol. The molecule has 3 nitrogen and oxygen atoms in total. The number of nitrogens with one attached hydrogen (secondary N) is 1. The highest BCUT2D eigenvalue weighted by Crippen LogP contribution is 2.45. The number of Topliss-reactive ketones (excluding diaryl/α,β-unsaturated/α-hetero) is 1. The van der Waals surface area contributed by atoms with Crippen LogP contribution in [0, 0.1) is 0 Å². The first-order valence-corrected chi connectivity index (χ1v) is 9.83. The normalized spacial score (nSPS) is 22.5. The molecule has 138 valence electrons. The smallest absolute Gasteiger partial charge is 0.225 e. The minimum Gasteiger partial charge on any atom is -0.329 e. The molecule has 2 atom stereocenters. The Balaban J connectivity index is 1.75. The highest BCUT2D eigenvalue weighted by molar-refractivity contribution is 6.35. The number of ketones is 1. The van der Waals surface area contributed by atoms with Crippen LogP contribution in [0.25, 0.3) is 0 Å². The fraction of sp³-hybridized carbons (Fsp3) is 0.238. The molecule has 2 aliphatic rings. The molecule has 1 aliphatic heterocycles. The lowest BCUT2D eigenvalue weighted by molar-refractivity contribution is -0.122. The van der Waals surface area contributed by atoms with Crippen LogP contribution in [0.4, 0.5) is 0 Å². The van der Waals surface area contributed by atoms with E-state index in [2.05, 4.69) is 5.32 Å². The van der Waals surface area contributed by atoms with Crippen LogP contribution in [0.1, 0.15) is 42.2 Å². The summed E-state index contributed by atoms with van der Waals surface area (Å²) >= 11 is 18.7. The minimum atomic E-state index is -0.349. The van der Waals surface area contributed by atoms with E-state index in [-0.39, 0.29) is 29.9 Å². The summed E-state index contributed by atoms with van der Waals surface area (Å²) in [4.78, 5) is 25.4. The van der Waals surface area contributed by atoms with Crippen LogP contribution >= 0.6 is 34.8 Å². The number of carbonyl (C=O) groups excluding carboxylic acids is 2. The van der Waals surface area contributed by atoms with E-state index in [0.29, 0.717) is 39.2 Å². The highest BCUT2D eigenvalue weighted by atomic mass is 35.5. The van der Waals surface area contributed by atoms with Crippen LogP contribution in [0.5, 0.6) is 0 Å². The molecule has 2 aromatic rings. The maximum atomic E-state index is 13.1. The molecule has 6 heteroatoms. The predicted octanol–water partition coefficient (Wildman–Crippen LogP) is 5.65. The van der Waals surface area contributed by atoms with Gasteiger partial charge in [0.2, 0.25) is 5.91 Å². The largest absolute Gasteiger partial charge is 0.329 e. The van der Waals surface area contributed by atoms with Gasteiger partial charge in [0, 0.05) is 45.1 Å². The number of rotatable bonds is 2. The molecule has 0 fully saturated rings. The van der Waals surface area contributed by atoms with Crippen LogP contribution in [0.15, 0.2) is 53.7 Å². The van der Waals surface area contributed by atoms with Gasteiger partial charge in [0.25, 0.3) is 0 Å². The van der Waals surface area contributed by atoms with Gasteiger partial charge in [0.1, 0.15) is 0 Å². The molecule has 0 aromatic heterocycles. The summed E-state index contributed by atoms with van der Waals surface area (Å²) < 4.78 is 0. The Morgan fingerprint density at radius 1 is 0.852 bits per heavy atom. The number of carbonyl (C=O) groups is 2. The topological polar surface area (TPSA) is 46.2 Å². The Morgan fingerprint density at radius 2 is 1.63 bits per heavy atom. The van der Waals surface area contributed by atoms with Gasteiger partial charge in [-0.05, 0) is 41.7 Å². The molecule has 0 radical (unpaired) electrons. The van der Waals surface area contributed by atoms with E-state index in [1.807, 2.05) is 24.3 Å². The van der Waals surface area contributed by atoms with Crippen LogP contribution in [-0.4, -0.2) is 11.7 Å². The standard InChI is InChI=1S/C21H16Cl3NO2/c22-12-5-6-14(17(24)9-12)15-10-20(27)25-18-7-11(8-19(26)21(15)18)13-3-1-2-4-16(13)23/h1-6,9,11,15H,7-8,10H2,(H,25,27)/t11-,15+/m0/s1. The van der Waals surface area contributed by atoms with Crippen molar-refractivity contribution in [2.45, 2.75) is 31.1 Å². The molecule has 27 heavy (non-hydrogen) atoms. The molecule has 0 bridgehead atoms. The Bertz CT molecular complexity index is 983. The van der Waals surface area contributed by atoms with Crippen molar-refractivity contribution in [1.29, 1.82) is 0 Å². The highest BCUT2D eigenvalue weighted by Gasteiger charge is 2.39. The number of benzene rings is 2. The maximum Gasteiger partial charge on any atom is 0.225 e. The summed E-state index contributed by atoms with van der Waals surface area (Å²) in [5, 5.41) is 4.53.